The summed E-state index contributed by atoms with van der Waals surface area (Å²) in [6.45, 7) is 1.68. The number of thiophene rings is 1. The topological polar surface area (TPSA) is 21.3 Å². The van der Waals surface area contributed by atoms with Gasteiger partial charge in [-0.05, 0) is 30.2 Å². The smallest absolute Gasteiger partial charge is 0.0668 e. The minimum absolute atomic E-state index is 0.456. The lowest BCUT2D eigenvalue weighted by Crippen LogP contribution is -2.18. The second-order valence-corrected chi connectivity index (χ2v) is 5.76. The molecule has 2 nitrogen and oxygen atoms in total. The maximum Gasteiger partial charge on any atom is 0.0668 e. The van der Waals surface area contributed by atoms with E-state index in [-0.39, 0.29) is 0 Å². The number of benzene rings is 1. The third-order valence-corrected chi connectivity index (χ3v) is 4.26. The molecule has 0 saturated carbocycles. The molecule has 0 bridgehead atoms. The zero-order chi connectivity index (χ0) is 12.4. The highest BCUT2D eigenvalue weighted by Crippen LogP contribution is 2.31. The van der Waals surface area contributed by atoms with Gasteiger partial charge in [-0.25, -0.2) is 0 Å². The van der Waals surface area contributed by atoms with E-state index in [1.54, 1.807) is 11.3 Å². The zero-order valence-electron chi connectivity index (χ0n) is 9.86. The van der Waals surface area contributed by atoms with E-state index in [1.165, 1.54) is 16.1 Å². The Hall–Kier alpha value is -1.03. The van der Waals surface area contributed by atoms with Crippen molar-refractivity contribution in [3.05, 3.63) is 40.7 Å². The van der Waals surface area contributed by atoms with Gasteiger partial charge in [-0.2, -0.15) is 0 Å². The molecule has 0 aliphatic carbocycles. The van der Waals surface area contributed by atoms with Crippen LogP contribution in [0.15, 0.2) is 35.7 Å². The van der Waals surface area contributed by atoms with Crippen LogP contribution in [0.25, 0.3) is 10.4 Å². The molecular formula is C14H14ClNOS. The third-order valence-electron chi connectivity index (χ3n) is 3.03. The summed E-state index contributed by atoms with van der Waals surface area (Å²) >= 11 is 7.64. The minimum Gasteiger partial charge on any atom is -0.379 e. The van der Waals surface area contributed by atoms with Gasteiger partial charge in [0.05, 0.1) is 12.6 Å². The van der Waals surface area contributed by atoms with E-state index in [0.717, 1.165) is 24.7 Å². The van der Waals surface area contributed by atoms with Crippen molar-refractivity contribution in [1.29, 1.82) is 0 Å². The summed E-state index contributed by atoms with van der Waals surface area (Å²) in [5.41, 5.74) is 2.39. The van der Waals surface area contributed by atoms with E-state index < -0.39 is 0 Å². The van der Waals surface area contributed by atoms with E-state index in [9.17, 15) is 0 Å². The molecule has 1 aromatic heterocycles. The largest absolute Gasteiger partial charge is 0.379 e. The summed E-state index contributed by atoms with van der Waals surface area (Å²) in [6, 6.07) is 10.6. The highest BCUT2D eigenvalue weighted by Gasteiger charge is 2.15. The van der Waals surface area contributed by atoms with E-state index in [2.05, 4.69) is 28.9 Å². The molecule has 94 valence electrons. The maximum absolute atomic E-state index is 5.89. The van der Waals surface area contributed by atoms with Crippen molar-refractivity contribution in [2.75, 3.05) is 18.5 Å². The molecule has 1 aliphatic rings. The Balaban J connectivity index is 1.74. The van der Waals surface area contributed by atoms with Crippen LogP contribution in [0.5, 0.6) is 0 Å². The average molecular weight is 280 g/mol. The summed E-state index contributed by atoms with van der Waals surface area (Å²) < 4.78 is 5.36. The van der Waals surface area contributed by atoms with Crippen molar-refractivity contribution in [2.45, 2.75) is 12.5 Å². The highest BCUT2D eigenvalue weighted by atomic mass is 35.5. The number of rotatable bonds is 3. The second kappa shape index (κ2) is 5.31. The number of ether oxygens (including phenoxy) is 1. The molecule has 1 unspecified atom stereocenters. The molecule has 18 heavy (non-hydrogen) atoms. The fraction of sp³-hybridized carbons (Fsp3) is 0.286. The molecular weight excluding hydrogens is 266 g/mol. The molecule has 2 heterocycles. The van der Waals surface area contributed by atoms with Gasteiger partial charge >= 0.3 is 0 Å². The van der Waals surface area contributed by atoms with Gasteiger partial charge in [0.1, 0.15) is 0 Å². The fourth-order valence-electron chi connectivity index (χ4n) is 2.06. The van der Waals surface area contributed by atoms with Crippen LogP contribution in [0.1, 0.15) is 6.42 Å². The summed E-state index contributed by atoms with van der Waals surface area (Å²) in [5, 5.41) is 6.43. The van der Waals surface area contributed by atoms with Gasteiger partial charge in [0.15, 0.2) is 0 Å². The maximum atomic E-state index is 5.89. The number of halogens is 1. The van der Waals surface area contributed by atoms with Crippen molar-refractivity contribution in [2.24, 2.45) is 0 Å². The third kappa shape index (κ3) is 2.69. The molecule has 1 saturated heterocycles. The van der Waals surface area contributed by atoms with Gasteiger partial charge in [0.2, 0.25) is 0 Å². The second-order valence-electron chi connectivity index (χ2n) is 4.41. The molecule has 4 heteroatoms. The number of nitrogens with one attached hydrogen (secondary N) is 1. The number of hydrogen-bond acceptors (Lipinski definition) is 3. The molecule has 3 rings (SSSR count). The molecule has 0 radical (unpaired) electrons. The van der Waals surface area contributed by atoms with Crippen LogP contribution < -0.4 is 5.32 Å². The molecule has 0 spiro atoms. The minimum atomic E-state index is 0.456. The first kappa shape index (κ1) is 12.0. The van der Waals surface area contributed by atoms with Crippen molar-refractivity contribution < 1.29 is 4.74 Å². The molecule has 0 amide bonds. The van der Waals surface area contributed by atoms with Crippen molar-refractivity contribution in [1.82, 2.24) is 0 Å². The normalized spacial score (nSPS) is 19.1. The zero-order valence-corrected chi connectivity index (χ0v) is 11.4. The van der Waals surface area contributed by atoms with Crippen LogP contribution >= 0.6 is 22.9 Å². The molecule has 1 aromatic carbocycles. The highest BCUT2D eigenvalue weighted by molar-refractivity contribution is 7.14. The Morgan fingerprint density at radius 3 is 2.83 bits per heavy atom. The molecule has 1 N–H and O–H groups in total. The molecule has 1 fully saturated rings. The van der Waals surface area contributed by atoms with Gasteiger partial charge in [0, 0.05) is 27.6 Å². The monoisotopic (exact) mass is 279 g/mol. The van der Waals surface area contributed by atoms with E-state index in [0.29, 0.717) is 6.04 Å². The van der Waals surface area contributed by atoms with Gasteiger partial charge in [-0.3, -0.25) is 0 Å². The van der Waals surface area contributed by atoms with Crippen molar-refractivity contribution >= 4 is 28.6 Å². The van der Waals surface area contributed by atoms with E-state index in [1.807, 2.05) is 12.1 Å². The summed E-state index contributed by atoms with van der Waals surface area (Å²) in [6.07, 6.45) is 1.09. The summed E-state index contributed by atoms with van der Waals surface area (Å²) in [4.78, 5) is 1.26. The first-order chi connectivity index (χ1) is 8.81. The Kier molecular flexibility index (Phi) is 3.55. The molecule has 1 atom stereocenters. The Morgan fingerprint density at radius 1 is 1.28 bits per heavy atom. The molecule has 1 aliphatic heterocycles. The number of anilines is 1. The van der Waals surface area contributed by atoms with E-state index in [4.69, 9.17) is 16.3 Å². The van der Waals surface area contributed by atoms with Gasteiger partial charge < -0.3 is 10.1 Å². The van der Waals surface area contributed by atoms with Crippen LogP contribution in [0.3, 0.4) is 0 Å². The number of hydrogen-bond donors (Lipinski definition) is 1. The first-order valence-corrected chi connectivity index (χ1v) is 7.26. The predicted molar refractivity (Wildman–Crippen MR) is 77.6 cm³/mol. The summed E-state index contributed by atoms with van der Waals surface area (Å²) in [7, 11) is 0. The average Bonchev–Trinajstić information content (AvgIpc) is 3.02. The van der Waals surface area contributed by atoms with Crippen LogP contribution in [-0.4, -0.2) is 19.3 Å². The van der Waals surface area contributed by atoms with Crippen molar-refractivity contribution in [3.8, 4) is 10.4 Å². The Labute approximate surface area is 116 Å². The molecule has 2 aromatic rings. The Bertz CT molecular complexity index is 517. The van der Waals surface area contributed by atoms with Gasteiger partial charge in [-0.15, -0.1) is 11.3 Å². The lowest BCUT2D eigenvalue weighted by Gasteiger charge is -2.09. The Morgan fingerprint density at radius 2 is 2.11 bits per heavy atom. The fourth-order valence-corrected chi connectivity index (χ4v) is 3.04. The standard InChI is InChI=1S/C14H14ClNOS/c15-11-3-1-10(2-4-11)14-7-13(9-18-14)16-12-5-6-17-8-12/h1-4,7,9,12,16H,5-6,8H2. The van der Waals surface area contributed by atoms with Crippen LogP contribution in [0.4, 0.5) is 5.69 Å². The quantitative estimate of drug-likeness (QED) is 0.906. The summed E-state index contributed by atoms with van der Waals surface area (Å²) in [5.74, 6) is 0. The van der Waals surface area contributed by atoms with Crippen LogP contribution in [0, 0.1) is 0 Å². The van der Waals surface area contributed by atoms with Gasteiger partial charge in [0.25, 0.3) is 0 Å². The van der Waals surface area contributed by atoms with Gasteiger partial charge in [-0.1, -0.05) is 23.7 Å². The first-order valence-electron chi connectivity index (χ1n) is 6.00. The lowest BCUT2D eigenvalue weighted by atomic mass is 10.2. The van der Waals surface area contributed by atoms with Crippen LogP contribution in [0.2, 0.25) is 5.02 Å². The van der Waals surface area contributed by atoms with Crippen molar-refractivity contribution in [3.63, 3.8) is 0 Å². The van der Waals surface area contributed by atoms with Crippen LogP contribution in [-0.2, 0) is 4.74 Å². The predicted octanol–water partition coefficient (Wildman–Crippen LogP) is 4.27. The SMILES string of the molecule is Clc1ccc(-c2cc(NC3CCOC3)cs2)cc1. The van der Waals surface area contributed by atoms with E-state index >= 15 is 0 Å². The lowest BCUT2D eigenvalue weighted by molar-refractivity contribution is 0.195.